The number of benzene rings is 3. The number of amidine groups is 1. The number of hydrogen-bond donors (Lipinski definition) is 4. The molecule has 0 unspecified atom stereocenters. The number of nitrogens with one attached hydrogen (secondary N) is 3. The van der Waals surface area contributed by atoms with E-state index in [2.05, 4.69) is 10.6 Å². The Labute approximate surface area is 228 Å². The van der Waals surface area contributed by atoms with Crippen LogP contribution in [-0.4, -0.2) is 46.0 Å². The van der Waals surface area contributed by atoms with Gasteiger partial charge in [-0.2, -0.15) is 8.42 Å². The monoisotopic (exact) mass is 552 g/mol. The van der Waals surface area contributed by atoms with E-state index in [0.717, 1.165) is 17.5 Å². The SMILES string of the molecule is COc1ccc(-c2ccc(C(=O)NCC(C)C)cc2C(=O)OS(C)(=O)=O)c(CNc2ccc(C(=N)N)cc2)c1. The number of carbonyl (C=O) groups excluding carboxylic acids is 2. The van der Waals surface area contributed by atoms with Crippen LogP contribution in [0.4, 0.5) is 5.69 Å². The molecule has 0 heterocycles. The van der Waals surface area contributed by atoms with Gasteiger partial charge in [0.05, 0.1) is 18.9 Å². The maximum Gasteiger partial charge on any atom is 0.354 e. The van der Waals surface area contributed by atoms with E-state index < -0.39 is 22.0 Å². The average molecular weight is 553 g/mol. The molecule has 0 spiro atoms. The Balaban J connectivity index is 2.05. The Kier molecular flexibility index (Phi) is 9.31. The summed E-state index contributed by atoms with van der Waals surface area (Å²) in [6, 6.07) is 16.8. The Morgan fingerprint density at radius 3 is 2.21 bits per heavy atom. The van der Waals surface area contributed by atoms with Gasteiger partial charge in [-0.15, -0.1) is 0 Å². The summed E-state index contributed by atoms with van der Waals surface area (Å²) in [4.78, 5) is 25.7. The van der Waals surface area contributed by atoms with E-state index >= 15 is 0 Å². The summed E-state index contributed by atoms with van der Waals surface area (Å²) >= 11 is 0. The van der Waals surface area contributed by atoms with Crippen molar-refractivity contribution in [2.45, 2.75) is 20.4 Å². The van der Waals surface area contributed by atoms with E-state index in [4.69, 9.17) is 20.1 Å². The standard InChI is InChI=1S/C28H32N4O6S/c1-17(2)15-32-27(33)19-7-11-24(25(14-19)28(34)38-39(4,35)36)23-12-10-22(37-3)13-20(23)16-31-21-8-5-18(6-9-21)26(29)30/h5-14,17,31H,15-16H2,1-4H3,(H3,29,30)(H,32,33). The van der Waals surface area contributed by atoms with Crippen molar-refractivity contribution in [2.24, 2.45) is 11.7 Å². The molecule has 0 aliphatic carbocycles. The van der Waals surface area contributed by atoms with E-state index in [1.807, 2.05) is 13.8 Å². The molecular weight excluding hydrogens is 520 g/mol. The maximum absolute atomic E-state index is 13.0. The van der Waals surface area contributed by atoms with E-state index in [-0.39, 0.29) is 22.9 Å². The predicted octanol–water partition coefficient (Wildman–Crippen LogP) is 3.76. The fraction of sp³-hybridized carbons (Fsp3) is 0.250. The number of methoxy groups -OCH3 is 1. The maximum atomic E-state index is 13.0. The number of nitrogens with two attached hydrogens (primary N) is 1. The highest BCUT2D eigenvalue weighted by Crippen LogP contribution is 2.32. The highest BCUT2D eigenvalue weighted by molar-refractivity contribution is 7.86. The Morgan fingerprint density at radius 1 is 0.974 bits per heavy atom. The number of anilines is 1. The van der Waals surface area contributed by atoms with E-state index in [0.29, 0.717) is 35.5 Å². The lowest BCUT2D eigenvalue weighted by Gasteiger charge is -2.17. The molecule has 3 aromatic rings. The molecule has 39 heavy (non-hydrogen) atoms. The van der Waals surface area contributed by atoms with Crippen LogP contribution in [0.1, 0.15) is 45.7 Å². The van der Waals surface area contributed by atoms with Crippen LogP contribution in [0.3, 0.4) is 0 Å². The summed E-state index contributed by atoms with van der Waals surface area (Å²) < 4.78 is 33.6. The summed E-state index contributed by atoms with van der Waals surface area (Å²) in [6.07, 6.45) is 0.782. The summed E-state index contributed by atoms with van der Waals surface area (Å²) in [5.41, 5.74) is 8.73. The first-order valence-corrected chi connectivity index (χ1v) is 13.9. The van der Waals surface area contributed by atoms with Gasteiger partial charge in [-0.05, 0) is 71.1 Å². The number of rotatable bonds is 11. The van der Waals surface area contributed by atoms with Crippen LogP contribution in [0.25, 0.3) is 11.1 Å². The second-order valence-electron chi connectivity index (χ2n) is 9.31. The lowest BCUT2D eigenvalue weighted by molar-refractivity contribution is 0.0749. The first kappa shape index (κ1) is 29.2. The third-order valence-electron chi connectivity index (χ3n) is 5.68. The zero-order chi connectivity index (χ0) is 28.7. The van der Waals surface area contributed by atoms with Crippen molar-refractivity contribution in [3.63, 3.8) is 0 Å². The molecule has 0 saturated carbocycles. The molecule has 0 aliphatic heterocycles. The van der Waals surface area contributed by atoms with Crippen LogP contribution in [0.5, 0.6) is 5.75 Å². The molecule has 3 rings (SSSR count). The van der Waals surface area contributed by atoms with Crippen molar-refractivity contribution in [1.29, 1.82) is 5.41 Å². The summed E-state index contributed by atoms with van der Waals surface area (Å²) in [7, 11) is -2.57. The number of carbonyl (C=O) groups is 2. The van der Waals surface area contributed by atoms with Crippen molar-refractivity contribution in [2.75, 3.05) is 25.2 Å². The smallest absolute Gasteiger partial charge is 0.354 e. The summed E-state index contributed by atoms with van der Waals surface area (Å²) in [6.45, 7) is 4.65. The first-order chi connectivity index (χ1) is 18.4. The largest absolute Gasteiger partial charge is 0.497 e. The molecule has 11 heteroatoms. The van der Waals surface area contributed by atoms with Gasteiger partial charge < -0.3 is 25.3 Å². The molecule has 10 nitrogen and oxygen atoms in total. The Morgan fingerprint density at radius 2 is 1.62 bits per heavy atom. The van der Waals surface area contributed by atoms with Gasteiger partial charge >= 0.3 is 16.1 Å². The number of ether oxygens (including phenoxy) is 1. The zero-order valence-corrected chi connectivity index (χ0v) is 23.0. The van der Waals surface area contributed by atoms with E-state index in [1.54, 1.807) is 54.6 Å². The van der Waals surface area contributed by atoms with Gasteiger partial charge in [-0.25, -0.2) is 4.79 Å². The molecule has 1 amide bonds. The van der Waals surface area contributed by atoms with Gasteiger partial charge in [0.2, 0.25) is 0 Å². The van der Waals surface area contributed by atoms with Crippen LogP contribution in [0.2, 0.25) is 0 Å². The number of amides is 1. The van der Waals surface area contributed by atoms with Gasteiger partial charge in [0.1, 0.15) is 11.6 Å². The third-order valence-corrected chi connectivity index (χ3v) is 6.14. The number of nitrogen functional groups attached to an aromatic ring is 1. The second-order valence-corrected chi connectivity index (χ2v) is 10.9. The minimum atomic E-state index is -4.11. The molecule has 0 saturated heterocycles. The Hall–Kier alpha value is -4.38. The van der Waals surface area contributed by atoms with Gasteiger partial charge in [0, 0.05) is 29.9 Å². The molecular formula is C28H32N4O6S. The number of hydrogen-bond acceptors (Lipinski definition) is 8. The fourth-order valence-electron chi connectivity index (χ4n) is 3.74. The highest BCUT2D eigenvalue weighted by atomic mass is 32.2. The van der Waals surface area contributed by atoms with Crippen molar-refractivity contribution >= 4 is 33.5 Å². The van der Waals surface area contributed by atoms with Crippen molar-refractivity contribution in [3.8, 4) is 16.9 Å². The average Bonchev–Trinajstić information content (AvgIpc) is 2.89. The van der Waals surface area contributed by atoms with Crippen LogP contribution < -0.4 is 21.1 Å². The van der Waals surface area contributed by atoms with E-state index in [9.17, 15) is 18.0 Å². The molecule has 0 radical (unpaired) electrons. The van der Waals surface area contributed by atoms with Crippen LogP contribution in [-0.2, 0) is 20.8 Å². The molecule has 3 aromatic carbocycles. The molecule has 0 bridgehead atoms. The molecule has 0 fully saturated rings. The van der Waals surface area contributed by atoms with Crippen LogP contribution in [0.15, 0.2) is 60.7 Å². The summed E-state index contributed by atoms with van der Waals surface area (Å²) in [5.74, 6) is -0.732. The van der Waals surface area contributed by atoms with Crippen LogP contribution in [0, 0.1) is 11.3 Å². The van der Waals surface area contributed by atoms with Gasteiger partial charge in [-0.3, -0.25) is 10.2 Å². The molecule has 5 N–H and O–H groups in total. The van der Waals surface area contributed by atoms with Gasteiger partial charge in [-0.1, -0.05) is 26.0 Å². The molecule has 0 aliphatic rings. The van der Waals surface area contributed by atoms with E-state index in [1.165, 1.54) is 13.2 Å². The highest BCUT2D eigenvalue weighted by Gasteiger charge is 2.22. The van der Waals surface area contributed by atoms with Gasteiger partial charge in [0.15, 0.2) is 0 Å². The fourth-order valence-corrected chi connectivity index (χ4v) is 4.11. The molecule has 0 aromatic heterocycles. The normalized spacial score (nSPS) is 11.1. The van der Waals surface area contributed by atoms with Crippen LogP contribution >= 0.6 is 0 Å². The third kappa shape index (κ3) is 8.05. The zero-order valence-electron chi connectivity index (χ0n) is 22.2. The lowest BCUT2D eigenvalue weighted by Crippen LogP contribution is -2.27. The Bertz CT molecular complexity index is 1480. The topological polar surface area (TPSA) is 161 Å². The summed E-state index contributed by atoms with van der Waals surface area (Å²) in [5, 5.41) is 13.6. The minimum Gasteiger partial charge on any atom is -0.497 e. The minimum absolute atomic E-state index is 0.0357. The van der Waals surface area contributed by atoms with Crippen molar-refractivity contribution in [1.82, 2.24) is 5.32 Å². The van der Waals surface area contributed by atoms with Crippen molar-refractivity contribution in [3.05, 3.63) is 82.9 Å². The lowest BCUT2D eigenvalue weighted by atomic mass is 9.93. The molecule has 206 valence electrons. The predicted molar refractivity (Wildman–Crippen MR) is 151 cm³/mol. The first-order valence-electron chi connectivity index (χ1n) is 12.1. The second kappa shape index (κ2) is 12.4. The molecule has 0 atom stereocenters. The van der Waals surface area contributed by atoms with Gasteiger partial charge in [0.25, 0.3) is 5.91 Å². The quantitative estimate of drug-likeness (QED) is 0.159. The van der Waals surface area contributed by atoms with Crippen molar-refractivity contribution < 1.29 is 26.9 Å².